The lowest BCUT2D eigenvalue weighted by atomic mass is 10.1. The van der Waals surface area contributed by atoms with Gasteiger partial charge in [-0.15, -0.1) is 0 Å². The highest BCUT2D eigenvalue weighted by Crippen LogP contribution is 2.26. The second-order valence-electron chi connectivity index (χ2n) is 7.27. The highest BCUT2D eigenvalue weighted by molar-refractivity contribution is 6.01. The van der Waals surface area contributed by atoms with Crippen molar-refractivity contribution in [3.05, 3.63) is 59.4 Å². The van der Waals surface area contributed by atoms with E-state index in [1.165, 1.54) is 6.07 Å². The Morgan fingerprint density at radius 2 is 1.71 bits per heavy atom. The summed E-state index contributed by atoms with van der Waals surface area (Å²) < 4.78 is 14.6. The Bertz CT molecular complexity index is 1040. The predicted molar refractivity (Wildman–Crippen MR) is 112 cm³/mol. The van der Waals surface area contributed by atoms with Crippen molar-refractivity contribution in [2.24, 2.45) is 0 Å². The molecule has 1 saturated heterocycles. The molecule has 2 heterocycles. The first-order valence-electron chi connectivity index (χ1n) is 9.50. The Morgan fingerprint density at radius 1 is 0.964 bits per heavy atom. The first kappa shape index (κ1) is 18.2. The second kappa shape index (κ2) is 7.46. The lowest BCUT2D eigenvalue weighted by Gasteiger charge is -2.17. The second-order valence-corrected chi connectivity index (χ2v) is 7.27. The molecule has 1 fully saturated rings. The summed E-state index contributed by atoms with van der Waals surface area (Å²) in [5.74, 6) is 0.358. The summed E-state index contributed by atoms with van der Waals surface area (Å²) in [6, 6.07) is 12.1. The maximum Gasteiger partial charge on any atom is 0.323 e. The third-order valence-electron chi connectivity index (χ3n) is 5.18. The lowest BCUT2D eigenvalue weighted by molar-refractivity contribution is 0.262. The molecule has 1 aliphatic heterocycles. The van der Waals surface area contributed by atoms with E-state index in [2.05, 4.69) is 20.5 Å². The van der Waals surface area contributed by atoms with Crippen LogP contribution in [0, 0.1) is 19.7 Å². The highest BCUT2D eigenvalue weighted by Gasteiger charge is 2.15. The van der Waals surface area contributed by atoms with E-state index in [1.807, 2.05) is 44.2 Å². The van der Waals surface area contributed by atoms with Crippen LogP contribution in [0.15, 0.2) is 42.5 Å². The van der Waals surface area contributed by atoms with E-state index >= 15 is 0 Å². The number of halogens is 1. The molecule has 6 heteroatoms. The lowest BCUT2D eigenvalue weighted by Crippen LogP contribution is -2.20. The van der Waals surface area contributed by atoms with Gasteiger partial charge in [0.05, 0.1) is 0 Å². The average Bonchev–Trinajstić information content (AvgIpc) is 3.19. The maximum atomic E-state index is 14.6. The number of urea groups is 1. The number of pyridine rings is 1. The van der Waals surface area contributed by atoms with E-state index in [1.54, 1.807) is 6.07 Å². The van der Waals surface area contributed by atoms with Crippen LogP contribution in [0.25, 0.3) is 10.9 Å². The summed E-state index contributed by atoms with van der Waals surface area (Å²) in [6.07, 6.45) is 2.28. The number of carbonyl (C=O) groups excluding carboxylic acids is 1. The fourth-order valence-corrected chi connectivity index (χ4v) is 3.49. The van der Waals surface area contributed by atoms with Crippen molar-refractivity contribution >= 4 is 34.1 Å². The monoisotopic (exact) mass is 378 g/mol. The number of hydrogen-bond acceptors (Lipinski definition) is 3. The van der Waals surface area contributed by atoms with Crippen molar-refractivity contribution in [3.8, 4) is 0 Å². The zero-order chi connectivity index (χ0) is 19.7. The molecular weight excluding hydrogens is 355 g/mol. The van der Waals surface area contributed by atoms with Crippen molar-refractivity contribution < 1.29 is 9.18 Å². The molecule has 0 saturated carbocycles. The molecule has 2 aromatic carbocycles. The van der Waals surface area contributed by atoms with Gasteiger partial charge in [-0.1, -0.05) is 6.07 Å². The minimum absolute atomic E-state index is 0.324. The maximum absolute atomic E-state index is 14.6. The topological polar surface area (TPSA) is 57.3 Å². The van der Waals surface area contributed by atoms with Crippen LogP contribution >= 0.6 is 0 Å². The first-order valence-corrected chi connectivity index (χ1v) is 9.50. The van der Waals surface area contributed by atoms with Gasteiger partial charge in [-0.2, -0.15) is 0 Å². The third kappa shape index (κ3) is 3.76. The van der Waals surface area contributed by atoms with Crippen molar-refractivity contribution in [3.63, 3.8) is 0 Å². The molecule has 1 aliphatic rings. The van der Waals surface area contributed by atoms with E-state index < -0.39 is 11.8 Å². The number of aryl methyl sites for hydroxylation is 2. The normalized spacial score (nSPS) is 13.8. The molecule has 0 atom stereocenters. The number of rotatable bonds is 3. The number of aromatic nitrogens is 1. The molecule has 1 aromatic heterocycles. The summed E-state index contributed by atoms with van der Waals surface area (Å²) in [7, 11) is 0. The fraction of sp³-hybridized carbons (Fsp3) is 0.273. The number of nitrogens with one attached hydrogen (secondary N) is 2. The summed E-state index contributed by atoms with van der Waals surface area (Å²) in [5, 5.41) is 6.13. The molecule has 0 bridgehead atoms. The molecule has 5 nitrogen and oxygen atoms in total. The summed E-state index contributed by atoms with van der Waals surface area (Å²) in [6.45, 7) is 5.91. The Labute approximate surface area is 163 Å². The van der Waals surface area contributed by atoms with E-state index in [0.717, 1.165) is 42.9 Å². The molecule has 2 N–H and O–H groups in total. The number of anilines is 3. The Morgan fingerprint density at radius 3 is 2.46 bits per heavy atom. The largest absolute Gasteiger partial charge is 0.357 e. The zero-order valence-corrected chi connectivity index (χ0v) is 16.1. The molecule has 0 aliphatic carbocycles. The van der Waals surface area contributed by atoms with Crippen molar-refractivity contribution in [2.75, 3.05) is 28.6 Å². The highest BCUT2D eigenvalue weighted by atomic mass is 19.1. The van der Waals surface area contributed by atoms with Gasteiger partial charge in [-0.3, -0.25) is 0 Å². The molecule has 144 valence electrons. The predicted octanol–water partition coefficient (Wildman–Crippen LogP) is 5.23. The van der Waals surface area contributed by atoms with Gasteiger partial charge in [0, 0.05) is 29.9 Å². The van der Waals surface area contributed by atoms with E-state index in [0.29, 0.717) is 22.3 Å². The van der Waals surface area contributed by atoms with Crippen LogP contribution in [0.2, 0.25) is 0 Å². The molecule has 4 rings (SSSR count). The fourth-order valence-electron chi connectivity index (χ4n) is 3.49. The van der Waals surface area contributed by atoms with Gasteiger partial charge in [0.2, 0.25) is 0 Å². The summed E-state index contributed by atoms with van der Waals surface area (Å²) in [4.78, 5) is 18.9. The Kier molecular flexibility index (Phi) is 4.86. The van der Waals surface area contributed by atoms with Crippen molar-refractivity contribution in [2.45, 2.75) is 26.7 Å². The van der Waals surface area contributed by atoms with Crippen LogP contribution in [0.5, 0.6) is 0 Å². The smallest absolute Gasteiger partial charge is 0.323 e. The van der Waals surface area contributed by atoms with Crippen LogP contribution in [0.3, 0.4) is 0 Å². The SMILES string of the molecule is Cc1ccc(NC(=O)Nc2cc(F)c3nc(N4CCCC4)ccc3c2)cc1C. The Balaban J connectivity index is 1.52. The first-order chi connectivity index (χ1) is 13.5. The quantitative estimate of drug-likeness (QED) is 0.656. The van der Waals surface area contributed by atoms with E-state index in [4.69, 9.17) is 0 Å². The van der Waals surface area contributed by atoms with Gasteiger partial charge in [-0.05, 0) is 74.2 Å². The molecule has 2 amide bonds. The molecule has 3 aromatic rings. The number of benzene rings is 2. The van der Waals surface area contributed by atoms with Crippen LogP contribution in [0.1, 0.15) is 24.0 Å². The minimum atomic E-state index is -0.444. The number of hydrogen-bond donors (Lipinski definition) is 2. The van der Waals surface area contributed by atoms with Gasteiger partial charge in [-0.25, -0.2) is 14.2 Å². The van der Waals surface area contributed by atoms with E-state index in [-0.39, 0.29) is 0 Å². The van der Waals surface area contributed by atoms with Crippen molar-refractivity contribution in [1.29, 1.82) is 0 Å². The van der Waals surface area contributed by atoms with Crippen LogP contribution in [-0.4, -0.2) is 24.1 Å². The molecular formula is C22H23FN4O. The van der Waals surface area contributed by atoms with Gasteiger partial charge in [0.1, 0.15) is 11.3 Å². The van der Waals surface area contributed by atoms with E-state index in [9.17, 15) is 9.18 Å². The van der Waals surface area contributed by atoms with Gasteiger partial charge in [0.15, 0.2) is 5.82 Å². The molecule has 0 radical (unpaired) electrons. The average molecular weight is 378 g/mol. The molecule has 0 unspecified atom stereocenters. The standard InChI is InChI=1S/C22H23FN4O/c1-14-5-7-17(11-15(14)2)24-22(28)25-18-12-16-6-8-20(27-9-3-4-10-27)26-21(16)19(23)13-18/h5-8,11-13H,3-4,9-10H2,1-2H3,(H2,24,25,28). The zero-order valence-electron chi connectivity index (χ0n) is 16.1. The number of amides is 2. The van der Waals surface area contributed by atoms with Crippen molar-refractivity contribution in [1.82, 2.24) is 4.98 Å². The summed E-state index contributed by atoms with van der Waals surface area (Å²) >= 11 is 0. The van der Waals surface area contributed by atoms with Crippen LogP contribution in [-0.2, 0) is 0 Å². The number of fused-ring (bicyclic) bond motifs is 1. The van der Waals surface area contributed by atoms with Gasteiger partial charge in [0.25, 0.3) is 0 Å². The molecule has 28 heavy (non-hydrogen) atoms. The third-order valence-corrected chi connectivity index (χ3v) is 5.18. The number of carbonyl (C=O) groups is 1. The van der Waals surface area contributed by atoms with Crippen LogP contribution < -0.4 is 15.5 Å². The Hall–Kier alpha value is -3.15. The summed E-state index contributed by atoms with van der Waals surface area (Å²) in [5.41, 5.74) is 3.66. The molecule has 0 spiro atoms. The van der Waals surface area contributed by atoms with Gasteiger partial charge >= 0.3 is 6.03 Å². The van der Waals surface area contributed by atoms with Crippen LogP contribution in [0.4, 0.5) is 26.4 Å². The van der Waals surface area contributed by atoms with Gasteiger partial charge < -0.3 is 15.5 Å². The minimum Gasteiger partial charge on any atom is -0.357 e. The number of nitrogens with zero attached hydrogens (tertiary/aromatic N) is 2.